The SMILES string of the molecule is Cc1ccc(C#Cc2ccc(C#Cc3ccc(C)c(F)c3)cc2C)cc1. The molecule has 0 fully saturated rings. The number of halogens is 1. The van der Waals surface area contributed by atoms with Gasteiger partial charge in [0.25, 0.3) is 0 Å². The molecule has 26 heavy (non-hydrogen) atoms. The predicted octanol–water partition coefficient (Wildman–Crippen LogP) is 5.55. The van der Waals surface area contributed by atoms with Gasteiger partial charge in [0.2, 0.25) is 0 Å². The van der Waals surface area contributed by atoms with Crippen molar-refractivity contribution in [3.05, 3.63) is 105 Å². The Hall–Kier alpha value is -3.29. The van der Waals surface area contributed by atoms with Gasteiger partial charge in [-0.1, -0.05) is 47.4 Å². The molecule has 0 bridgehead atoms. The van der Waals surface area contributed by atoms with Crippen molar-refractivity contribution in [2.75, 3.05) is 0 Å². The molecule has 0 amide bonds. The number of aryl methyl sites for hydroxylation is 3. The largest absolute Gasteiger partial charge is 0.207 e. The molecule has 3 aromatic rings. The number of hydrogen-bond acceptors (Lipinski definition) is 0. The molecule has 0 spiro atoms. The van der Waals surface area contributed by atoms with Gasteiger partial charge in [-0.25, -0.2) is 4.39 Å². The summed E-state index contributed by atoms with van der Waals surface area (Å²) >= 11 is 0. The third kappa shape index (κ3) is 4.41. The summed E-state index contributed by atoms with van der Waals surface area (Å²) in [6, 6.07) is 19.2. The minimum absolute atomic E-state index is 0.227. The quantitative estimate of drug-likeness (QED) is 0.471. The van der Waals surface area contributed by atoms with Crippen LogP contribution in [-0.4, -0.2) is 0 Å². The lowest BCUT2D eigenvalue weighted by Gasteiger charge is -1.99. The van der Waals surface area contributed by atoms with Crippen LogP contribution in [0.15, 0.2) is 60.7 Å². The van der Waals surface area contributed by atoms with Gasteiger partial charge in [-0.3, -0.25) is 0 Å². The summed E-state index contributed by atoms with van der Waals surface area (Å²) < 4.78 is 13.6. The van der Waals surface area contributed by atoms with Crippen molar-refractivity contribution in [3.8, 4) is 23.7 Å². The van der Waals surface area contributed by atoms with Crippen molar-refractivity contribution in [3.63, 3.8) is 0 Å². The topological polar surface area (TPSA) is 0 Å². The zero-order valence-electron chi connectivity index (χ0n) is 15.2. The lowest BCUT2D eigenvalue weighted by Crippen LogP contribution is -1.86. The van der Waals surface area contributed by atoms with Crippen molar-refractivity contribution < 1.29 is 4.39 Å². The summed E-state index contributed by atoms with van der Waals surface area (Å²) in [5, 5.41) is 0. The molecule has 0 saturated carbocycles. The summed E-state index contributed by atoms with van der Waals surface area (Å²) in [5.41, 5.74) is 6.48. The number of rotatable bonds is 0. The lowest BCUT2D eigenvalue weighted by atomic mass is 10.0. The first-order valence-corrected chi connectivity index (χ1v) is 8.49. The van der Waals surface area contributed by atoms with E-state index in [0.29, 0.717) is 11.1 Å². The van der Waals surface area contributed by atoms with Crippen molar-refractivity contribution in [2.45, 2.75) is 20.8 Å². The van der Waals surface area contributed by atoms with E-state index in [1.807, 2.05) is 43.3 Å². The molecule has 0 aliphatic rings. The van der Waals surface area contributed by atoms with Crippen LogP contribution >= 0.6 is 0 Å². The van der Waals surface area contributed by atoms with Gasteiger partial charge in [-0.2, -0.15) is 0 Å². The molecule has 0 radical (unpaired) electrons. The van der Waals surface area contributed by atoms with Crippen LogP contribution in [0.5, 0.6) is 0 Å². The Labute approximate surface area is 154 Å². The average molecular weight is 338 g/mol. The van der Waals surface area contributed by atoms with Crippen LogP contribution in [0.4, 0.5) is 4.39 Å². The van der Waals surface area contributed by atoms with Crippen LogP contribution in [0.2, 0.25) is 0 Å². The van der Waals surface area contributed by atoms with Gasteiger partial charge in [0.1, 0.15) is 5.82 Å². The maximum absolute atomic E-state index is 13.6. The van der Waals surface area contributed by atoms with E-state index in [1.165, 1.54) is 11.6 Å². The van der Waals surface area contributed by atoms with Crippen molar-refractivity contribution in [2.24, 2.45) is 0 Å². The summed E-state index contributed by atoms with van der Waals surface area (Å²) in [7, 11) is 0. The molecule has 0 unspecified atom stereocenters. The molecule has 0 heterocycles. The smallest absolute Gasteiger partial charge is 0.127 e. The Morgan fingerprint density at radius 2 is 1.15 bits per heavy atom. The summed E-state index contributed by atoms with van der Waals surface area (Å²) in [6.07, 6.45) is 0. The average Bonchev–Trinajstić information content (AvgIpc) is 2.63. The van der Waals surface area contributed by atoms with Gasteiger partial charge in [-0.15, -0.1) is 0 Å². The molecule has 1 heteroatoms. The van der Waals surface area contributed by atoms with E-state index in [0.717, 1.165) is 22.3 Å². The number of hydrogen-bond donors (Lipinski definition) is 0. The zero-order valence-corrected chi connectivity index (χ0v) is 15.2. The third-order valence-corrected chi connectivity index (χ3v) is 4.14. The first-order valence-electron chi connectivity index (χ1n) is 8.49. The molecule has 0 saturated heterocycles. The van der Waals surface area contributed by atoms with Gasteiger partial charge in [0.15, 0.2) is 0 Å². The molecule has 0 aliphatic carbocycles. The van der Waals surface area contributed by atoms with Crippen LogP contribution < -0.4 is 0 Å². The molecule has 3 rings (SSSR count). The minimum atomic E-state index is -0.227. The van der Waals surface area contributed by atoms with Crippen LogP contribution in [-0.2, 0) is 0 Å². The molecule has 0 nitrogen and oxygen atoms in total. The highest BCUT2D eigenvalue weighted by atomic mass is 19.1. The predicted molar refractivity (Wildman–Crippen MR) is 105 cm³/mol. The Kier molecular flexibility index (Phi) is 5.21. The second-order valence-electron chi connectivity index (χ2n) is 6.36. The third-order valence-electron chi connectivity index (χ3n) is 4.14. The molecule has 0 atom stereocenters. The van der Waals surface area contributed by atoms with Crippen molar-refractivity contribution in [1.29, 1.82) is 0 Å². The standard InChI is InChI=1S/C25H19F/c1-18-4-7-21(8-5-18)12-14-24-15-13-22(16-20(24)3)10-11-23-9-6-19(2)25(26)17-23/h4-9,13,15-17H,1-3H3. The first kappa shape index (κ1) is 17.5. The lowest BCUT2D eigenvalue weighted by molar-refractivity contribution is 0.618. The van der Waals surface area contributed by atoms with Crippen molar-refractivity contribution in [1.82, 2.24) is 0 Å². The molecular formula is C25H19F. The molecule has 0 N–H and O–H groups in total. The van der Waals surface area contributed by atoms with E-state index < -0.39 is 0 Å². The van der Waals surface area contributed by atoms with E-state index in [4.69, 9.17) is 0 Å². The summed E-state index contributed by atoms with van der Waals surface area (Å²) in [6.45, 7) is 5.83. The fourth-order valence-electron chi connectivity index (χ4n) is 2.47. The highest BCUT2D eigenvalue weighted by Crippen LogP contribution is 2.11. The minimum Gasteiger partial charge on any atom is -0.207 e. The van der Waals surface area contributed by atoms with Gasteiger partial charge in [-0.05, 0) is 74.4 Å². The fraction of sp³-hybridized carbons (Fsp3) is 0.120. The van der Waals surface area contributed by atoms with E-state index in [-0.39, 0.29) is 5.82 Å². The Morgan fingerprint density at radius 3 is 1.81 bits per heavy atom. The maximum Gasteiger partial charge on any atom is 0.127 e. The monoisotopic (exact) mass is 338 g/mol. The fourth-order valence-corrected chi connectivity index (χ4v) is 2.47. The second-order valence-corrected chi connectivity index (χ2v) is 6.36. The molecule has 0 aliphatic heterocycles. The Bertz CT molecular complexity index is 1070. The van der Waals surface area contributed by atoms with E-state index in [9.17, 15) is 4.39 Å². The molecule has 126 valence electrons. The highest BCUT2D eigenvalue weighted by Gasteiger charge is 1.98. The molecular weight excluding hydrogens is 319 g/mol. The van der Waals surface area contributed by atoms with Gasteiger partial charge >= 0.3 is 0 Å². The highest BCUT2D eigenvalue weighted by molar-refractivity contribution is 5.51. The van der Waals surface area contributed by atoms with E-state index >= 15 is 0 Å². The van der Waals surface area contributed by atoms with Crippen molar-refractivity contribution >= 4 is 0 Å². The number of benzene rings is 3. The van der Waals surface area contributed by atoms with E-state index in [1.54, 1.807) is 13.0 Å². The zero-order chi connectivity index (χ0) is 18.5. The van der Waals surface area contributed by atoms with Crippen LogP contribution in [0, 0.1) is 50.3 Å². The Morgan fingerprint density at radius 1 is 0.577 bits per heavy atom. The second kappa shape index (κ2) is 7.73. The summed E-state index contributed by atoms with van der Waals surface area (Å²) in [4.78, 5) is 0. The van der Waals surface area contributed by atoms with Crippen LogP contribution in [0.3, 0.4) is 0 Å². The Balaban J connectivity index is 1.81. The first-order chi connectivity index (χ1) is 12.5. The van der Waals surface area contributed by atoms with Crippen LogP contribution in [0.1, 0.15) is 38.9 Å². The maximum atomic E-state index is 13.6. The summed E-state index contributed by atoms with van der Waals surface area (Å²) in [5.74, 6) is 12.3. The van der Waals surface area contributed by atoms with Crippen LogP contribution in [0.25, 0.3) is 0 Å². The van der Waals surface area contributed by atoms with Gasteiger partial charge in [0, 0.05) is 22.3 Å². The van der Waals surface area contributed by atoms with Gasteiger partial charge < -0.3 is 0 Å². The van der Waals surface area contributed by atoms with Gasteiger partial charge in [0.05, 0.1) is 0 Å². The molecule has 0 aromatic heterocycles. The van der Waals surface area contributed by atoms with E-state index in [2.05, 4.69) is 42.7 Å². The molecule has 3 aromatic carbocycles. The normalized spacial score (nSPS) is 9.69.